The molecule has 10 heteroatoms. The molecule has 3 aliphatic rings. The van der Waals surface area contributed by atoms with Crippen LogP contribution in [0, 0.1) is 5.82 Å². The molecule has 0 radical (unpaired) electrons. The van der Waals surface area contributed by atoms with Crippen LogP contribution in [0.2, 0.25) is 0 Å². The number of nitrogens with zero attached hydrogens (tertiary/aromatic N) is 2. The average molecular weight is 588 g/mol. The number of benzene rings is 2. The number of piperidine rings is 1. The van der Waals surface area contributed by atoms with Crippen LogP contribution < -0.4 is 5.32 Å². The van der Waals surface area contributed by atoms with Crippen molar-refractivity contribution in [2.75, 3.05) is 39.4 Å². The first-order valence-electron chi connectivity index (χ1n) is 14.8. The molecule has 0 aromatic heterocycles. The Kier molecular flexibility index (Phi) is 9.45. The largest absolute Gasteiger partial charge is 0.393 e. The summed E-state index contributed by atoms with van der Waals surface area (Å²) in [7, 11) is -3.69. The number of rotatable bonds is 8. The number of sulfonamides is 1. The van der Waals surface area contributed by atoms with Gasteiger partial charge in [-0.1, -0.05) is 42.5 Å². The fourth-order valence-corrected chi connectivity index (χ4v) is 8.69. The SMILES string of the molecule is C[C@H]1CC[C@H](c2ccccc2)S(=O)(=O)N1Cc1ccc(C2(C(=O)NCCN3CCC(O)CC3)CCOCC2)cc1F. The maximum atomic E-state index is 15.7. The van der Waals surface area contributed by atoms with E-state index in [1.54, 1.807) is 12.1 Å². The van der Waals surface area contributed by atoms with Crippen LogP contribution in [0.25, 0.3) is 0 Å². The highest BCUT2D eigenvalue weighted by Gasteiger charge is 2.43. The minimum atomic E-state index is -3.69. The highest BCUT2D eigenvalue weighted by Crippen LogP contribution is 2.39. The molecule has 8 nitrogen and oxygen atoms in total. The zero-order chi connectivity index (χ0) is 29.0. The van der Waals surface area contributed by atoms with Gasteiger partial charge in [0.05, 0.1) is 11.5 Å². The Morgan fingerprint density at radius 2 is 1.78 bits per heavy atom. The standard InChI is InChI=1S/C31H42FN3O5S/c1-23-7-10-29(24-5-3-2-4-6-24)41(38,39)35(23)22-25-8-9-26(21-28(25)32)31(13-19-40-20-14-31)30(37)33-15-18-34-16-11-27(36)12-17-34/h2-6,8-9,21,23,27,29,36H,7,10-20,22H2,1H3,(H,33,37)/t23-,29+/m0/s1. The van der Waals surface area contributed by atoms with Gasteiger partial charge < -0.3 is 20.1 Å². The zero-order valence-corrected chi connectivity index (χ0v) is 24.6. The number of ether oxygens (including phenoxy) is 1. The molecule has 224 valence electrons. The van der Waals surface area contributed by atoms with Crippen LogP contribution in [0.3, 0.4) is 0 Å². The van der Waals surface area contributed by atoms with Gasteiger partial charge >= 0.3 is 0 Å². The molecular formula is C31H42FN3O5S. The van der Waals surface area contributed by atoms with Crippen molar-refractivity contribution in [1.29, 1.82) is 0 Å². The Morgan fingerprint density at radius 3 is 2.46 bits per heavy atom. The van der Waals surface area contributed by atoms with E-state index in [2.05, 4.69) is 10.2 Å². The summed E-state index contributed by atoms with van der Waals surface area (Å²) in [4.78, 5) is 15.8. The Morgan fingerprint density at radius 1 is 1.07 bits per heavy atom. The fourth-order valence-electron chi connectivity index (χ4n) is 6.50. The predicted octanol–water partition coefficient (Wildman–Crippen LogP) is 3.50. The van der Waals surface area contributed by atoms with E-state index in [1.807, 2.05) is 37.3 Å². The third kappa shape index (κ3) is 6.51. The van der Waals surface area contributed by atoms with E-state index in [1.165, 1.54) is 10.4 Å². The molecule has 41 heavy (non-hydrogen) atoms. The second-order valence-electron chi connectivity index (χ2n) is 11.7. The molecule has 2 aromatic rings. The van der Waals surface area contributed by atoms with E-state index in [4.69, 9.17) is 4.74 Å². The van der Waals surface area contributed by atoms with Gasteiger partial charge in [0.25, 0.3) is 0 Å². The number of nitrogens with one attached hydrogen (secondary N) is 1. The zero-order valence-electron chi connectivity index (χ0n) is 23.8. The molecule has 3 saturated heterocycles. The number of aliphatic hydroxyl groups is 1. The predicted molar refractivity (Wildman–Crippen MR) is 155 cm³/mol. The summed E-state index contributed by atoms with van der Waals surface area (Å²) in [6.45, 7) is 5.43. The summed E-state index contributed by atoms with van der Waals surface area (Å²) in [6, 6.07) is 13.8. The average Bonchev–Trinajstić information content (AvgIpc) is 2.97. The van der Waals surface area contributed by atoms with Crippen molar-refractivity contribution in [1.82, 2.24) is 14.5 Å². The number of carbonyl (C=O) groups is 1. The lowest BCUT2D eigenvalue weighted by molar-refractivity contribution is -0.130. The summed E-state index contributed by atoms with van der Waals surface area (Å²) in [6.07, 6.45) is 3.36. The quantitative estimate of drug-likeness (QED) is 0.491. The number of likely N-dealkylation sites (tertiary alicyclic amines) is 1. The second-order valence-corrected chi connectivity index (χ2v) is 13.8. The molecule has 2 atom stereocenters. The molecule has 2 aromatic carbocycles. The third-order valence-corrected chi connectivity index (χ3v) is 11.5. The molecule has 0 spiro atoms. The van der Waals surface area contributed by atoms with Gasteiger partial charge in [0.15, 0.2) is 0 Å². The molecule has 3 heterocycles. The van der Waals surface area contributed by atoms with Crippen LogP contribution >= 0.6 is 0 Å². The van der Waals surface area contributed by atoms with Crippen LogP contribution in [-0.2, 0) is 31.5 Å². The second kappa shape index (κ2) is 12.9. The van der Waals surface area contributed by atoms with Gasteiger partial charge in [-0.25, -0.2) is 12.8 Å². The molecule has 0 aliphatic carbocycles. The number of hydrogen-bond donors (Lipinski definition) is 2. The van der Waals surface area contributed by atoms with Crippen LogP contribution in [-0.4, -0.2) is 80.2 Å². The molecule has 3 fully saturated rings. The van der Waals surface area contributed by atoms with E-state index in [0.717, 1.165) is 31.5 Å². The maximum absolute atomic E-state index is 15.7. The number of halogens is 1. The normalized spacial score (nSPS) is 25.5. The summed E-state index contributed by atoms with van der Waals surface area (Å²) >= 11 is 0. The van der Waals surface area contributed by atoms with Crippen molar-refractivity contribution in [2.45, 2.75) is 74.8 Å². The van der Waals surface area contributed by atoms with Crippen LogP contribution in [0.15, 0.2) is 48.5 Å². The number of amides is 1. The van der Waals surface area contributed by atoms with Crippen molar-refractivity contribution in [2.24, 2.45) is 0 Å². The Bertz CT molecular complexity index is 1290. The minimum Gasteiger partial charge on any atom is -0.393 e. The fraction of sp³-hybridized carbons (Fsp3) is 0.581. The number of carbonyl (C=O) groups excluding carboxylic acids is 1. The summed E-state index contributed by atoms with van der Waals surface area (Å²) < 4.78 is 50.0. The lowest BCUT2D eigenvalue weighted by Crippen LogP contribution is -2.50. The van der Waals surface area contributed by atoms with Crippen LogP contribution in [0.5, 0.6) is 0 Å². The van der Waals surface area contributed by atoms with Gasteiger partial charge in [0.2, 0.25) is 15.9 Å². The molecular weight excluding hydrogens is 545 g/mol. The van der Waals surface area contributed by atoms with Gasteiger partial charge in [-0.15, -0.1) is 0 Å². The lowest BCUT2D eigenvalue weighted by atomic mass is 9.73. The number of aliphatic hydroxyl groups excluding tert-OH is 1. The van der Waals surface area contributed by atoms with Gasteiger partial charge in [0, 0.05) is 57.5 Å². The monoisotopic (exact) mass is 587 g/mol. The first kappa shape index (κ1) is 30.1. The Balaban J connectivity index is 1.31. The van der Waals surface area contributed by atoms with Crippen molar-refractivity contribution >= 4 is 15.9 Å². The van der Waals surface area contributed by atoms with Crippen molar-refractivity contribution in [3.05, 3.63) is 71.0 Å². The summed E-state index contributed by atoms with van der Waals surface area (Å²) in [5, 5.41) is 12.2. The molecule has 0 saturated carbocycles. The Hall–Kier alpha value is -2.37. The van der Waals surface area contributed by atoms with E-state index in [0.29, 0.717) is 63.1 Å². The van der Waals surface area contributed by atoms with E-state index < -0.39 is 26.5 Å². The highest BCUT2D eigenvalue weighted by atomic mass is 32.2. The van der Waals surface area contributed by atoms with Gasteiger partial charge in [0.1, 0.15) is 11.1 Å². The van der Waals surface area contributed by atoms with Crippen molar-refractivity contribution in [3.8, 4) is 0 Å². The van der Waals surface area contributed by atoms with Gasteiger partial charge in [-0.2, -0.15) is 4.31 Å². The van der Waals surface area contributed by atoms with E-state index in [-0.39, 0.29) is 24.6 Å². The van der Waals surface area contributed by atoms with Crippen molar-refractivity contribution < 1.29 is 27.4 Å². The molecule has 2 N–H and O–H groups in total. The van der Waals surface area contributed by atoms with Crippen LogP contribution in [0.4, 0.5) is 4.39 Å². The first-order valence-corrected chi connectivity index (χ1v) is 16.3. The molecule has 0 bridgehead atoms. The summed E-state index contributed by atoms with van der Waals surface area (Å²) in [5.74, 6) is -0.639. The Labute approximate surface area is 242 Å². The van der Waals surface area contributed by atoms with Crippen molar-refractivity contribution in [3.63, 3.8) is 0 Å². The molecule has 3 aliphatic heterocycles. The molecule has 5 rings (SSSR count). The maximum Gasteiger partial charge on any atom is 0.230 e. The van der Waals surface area contributed by atoms with Gasteiger partial charge in [-0.3, -0.25) is 4.79 Å². The molecule has 0 unspecified atom stereocenters. The lowest BCUT2D eigenvalue weighted by Gasteiger charge is -2.38. The van der Waals surface area contributed by atoms with Crippen LogP contribution in [0.1, 0.15) is 67.4 Å². The molecule has 1 amide bonds. The van der Waals surface area contributed by atoms with E-state index in [9.17, 15) is 18.3 Å². The third-order valence-electron chi connectivity index (χ3n) is 9.18. The smallest absolute Gasteiger partial charge is 0.230 e. The summed E-state index contributed by atoms with van der Waals surface area (Å²) in [5.41, 5.74) is 0.745. The topological polar surface area (TPSA) is 99.2 Å². The number of hydrogen-bond acceptors (Lipinski definition) is 6. The van der Waals surface area contributed by atoms with Gasteiger partial charge in [-0.05, 0) is 62.6 Å². The highest BCUT2D eigenvalue weighted by molar-refractivity contribution is 7.89. The van der Waals surface area contributed by atoms with E-state index >= 15 is 4.39 Å². The minimum absolute atomic E-state index is 0.0498. The first-order chi connectivity index (χ1) is 19.7.